The van der Waals surface area contributed by atoms with Gasteiger partial charge in [0.1, 0.15) is 0 Å². The molecule has 0 aliphatic rings. The summed E-state index contributed by atoms with van der Waals surface area (Å²) >= 11 is 0. The maximum Gasteiger partial charge on any atom is 1.00 e. The summed E-state index contributed by atoms with van der Waals surface area (Å²) in [4.78, 5) is 3.92. The second kappa shape index (κ2) is 4.80. The molecule has 36 valence electrons. The first-order chi connectivity index (χ1) is 3.39. The Bertz CT molecular complexity index is 138. The van der Waals surface area contributed by atoms with E-state index in [4.69, 9.17) is 0 Å². The van der Waals surface area contributed by atoms with Crippen LogP contribution < -0.4 is 58.2 Å². The predicted octanol–water partition coefficient (Wildman–Crippen LogP) is -1.81. The van der Waals surface area contributed by atoms with Gasteiger partial charge in [0.2, 0.25) is 0 Å². The third-order valence-electron chi connectivity index (χ3n) is 0.763. The van der Waals surface area contributed by atoms with Crippen molar-refractivity contribution in [2.24, 2.45) is 0 Å². The fraction of sp³-hybridized carbons (Fsp3) is 0.167. The standard InChI is InChI=1S/C6H6N.Rb/c1-6-4-2-3-5-7-6;/h2,4-5H,1H3;/q-1;+1. The normalized spacial score (nSPS) is 7.62. The molecule has 0 aromatic carbocycles. The van der Waals surface area contributed by atoms with E-state index in [2.05, 4.69) is 11.1 Å². The van der Waals surface area contributed by atoms with Gasteiger partial charge in [-0.2, -0.15) is 6.07 Å². The topological polar surface area (TPSA) is 12.9 Å². The maximum atomic E-state index is 3.92. The van der Waals surface area contributed by atoms with E-state index < -0.39 is 0 Å². The van der Waals surface area contributed by atoms with Gasteiger partial charge in [0.05, 0.1) is 0 Å². The van der Waals surface area contributed by atoms with Gasteiger partial charge >= 0.3 is 58.2 Å². The van der Waals surface area contributed by atoms with E-state index >= 15 is 0 Å². The molecule has 0 fully saturated rings. The monoisotopic (exact) mass is 177 g/mol. The fourth-order valence-electron chi connectivity index (χ4n) is 0.394. The molecule has 0 atom stereocenters. The first-order valence-corrected chi connectivity index (χ1v) is 2.18. The molecule has 0 radical (unpaired) electrons. The molecule has 0 saturated heterocycles. The average Bonchev–Trinajstić information content (AvgIpc) is 1.69. The number of rotatable bonds is 0. The van der Waals surface area contributed by atoms with Crippen molar-refractivity contribution in [3.63, 3.8) is 0 Å². The van der Waals surface area contributed by atoms with Crippen LogP contribution >= 0.6 is 0 Å². The van der Waals surface area contributed by atoms with Gasteiger partial charge in [0.15, 0.2) is 0 Å². The zero-order valence-corrected chi connectivity index (χ0v) is 10.1. The molecule has 8 heavy (non-hydrogen) atoms. The fourth-order valence-corrected chi connectivity index (χ4v) is 0.394. The SMILES string of the molecule is Cc1cc[c-]cn1.[Rb+]. The molecule has 1 nitrogen and oxygen atoms in total. The summed E-state index contributed by atoms with van der Waals surface area (Å²) in [5.41, 5.74) is 1.04. The Morgan fingerprint density at radius 2 is 2.38 bits per heavy atom. The van der Waals surface area contributed by atoms with Gasteiger partial charge in [-0.15, -0.1) is 0 Å². The zero-order chi connectivity index (χ0) is 5.11. The largest absolute Gasteiger partial charge is 1.00 e. The summed E-state index contributed by atoms with van der Waals surface area (Å²) in [7, 11) is 0. The number of aryl methyl sites for hydroxylation is 1. The average molecular weight is 178 g/mol. The number of nitrogens with zero attached hydrogens (tertiary/aromatic N) is 1. The molecule has 0 amide bonds. The minimum Gasteiger partial charge on any atom is -0.301 e. The van der Waals surface area contributed by atoms with Crippen molar-refractivity contribution in [2.45, 2.75) is 6.92 Å². The van der Waals surface area contributed by atoms with Crippen LogP contribution in [0.5, 0.6) is 0 Å². The van der Waals surface area contributed by atoms with Crippen molar-refractivity contribution in [2.75, 3.05) is 0 Å². The Hall–Kier alpha value is 0.955. The van der Waals surface area contributed by atoms with Gasteiger partial charge in [-0.1, -0.05) is 6.20 Å². The van der Waals surface area contributed by atoms with Gasteiger partial charge in [-0.05, 0) is 12.6 Å². The molecular weight excluding hydrogens is 172 g/mol. The third kappa shape index (κ3) is 3.08. The molecule has 0 aliphatic heterocycles. The summed E-state index contributed by atoms with van der Waals surface area (Å²) in [6.45, 7) is 1.95. The molecule has 0 unspecified atom stereocenters. The number of aromatic nitrogens is 1. The molecule has 1 heterocycles. The number of pyridine rings is 1. The van der Waals surface area contributed by atoms with Crippen LogP contribution in [0.15, 0.2) is 18.3 Å². The van der Waals surface area contributed by atoms with Crippen molar-refractivity contribution in [1.82, 2.24) is 4.98 Å². The molecular formula is C6H6NRb. The van der Waals surface area contributed by atoms with E-state index in [1.165, 1.54) is 0 Å². The summed E-state index contributed by atoms with van der Waals surface area (Å²) in [5, 5.41) is 0. The molecule has 0 N–H and O–H groups in total. The Labute approximate surface area is 98.3 Å². The van der Waals surface area contributed by atoms with Crippen LogP contribution in [0.1, 0.15) is 5.69 Å². The first kappa shape index (κ1) is 8.96. The van der Waals surface area contributed by atoms with E-state index in [1.54, 1.807) is 6.20 Å². The maximum absolute atomic E-state index is 3.92. The van der Waals surface area contributed by atoms with Crippen LogP contribution in [0.3, 0.4) is 0 Å². The van der Waals surface area contributed by atoms with Crippen LogP contribution in [-0.4, -0.2) is 4.98 Å². The van der Waals surface area contributed by atoms with E-state index in [-0.39, 0.29) is 58.2 Å². The summed E-state index contributed by atoms with van der Waals surface area (Å²) in [5.74, 6) is 0. The minimum atomic E-state index is 0. The van der Waals surface area contributed by atoms with E-state index in [0.717, 1.165) is 5.69 Å². The quantitative estimate of drug-likeness (QED) is 0.426. The Kier molecular flexibility index (Phi) is 5.37. The Morgan fingerprint density at radius 3 is 2.62 bits per heavy atom. The van der Waals surface area contributed by atoms with Crippen molar-refractivity contribution >= 4 is 0 Å². The first-order valence-electron chi connectivity index (χ1n) is 2.18. The van der Waals surface area contributed by atoms with Gasteiger partial charge in [0, 0.05) is 0 Å². The molecule has 2 heteroatoms. The van der Waals surface area contributed by atoms with Gasteiger partial charge < -0.3 is 4.98 Å². The number of hydrogen-bond acceptors (Lipinski definition) is 1. The van der Waals surface area contributed by atoms with Crippen molar-refractivity contribution < 1.29 is 58.2 Å². The second-order valence-corrected chi connectivity index (χ2v) is 1.40. The Morgan fingerprint density at radius 1 is 1.62 bits per heavy atom. The van der Waals surface area contributed by atoms with E-state index in [1.807, 2.05) is 19.1 Å². The van der Waals surface area contributed by atoms with Gasteiger partial charge in [-0.25, -0.2) is 12.1 Å². The molecule has 1 aromatic rings. The van der Waals surface area contributed by atoms with Crippen LogP contribution in [0.25, 0.3) is 0 Å². The van der Waals surface area contributed by atoms with E-state index in [0.29, 0.717) is 0 Å². The molecule has 1 rings (SSSR count). The van der Waals surface area contributed by atoms with Crippen molar-refractivity contribution in [1.29, 1.82) is 0 Å². The summed E-state index contributed by atoms with van der Waals surface area (Å²) in [6.07, 6.45) is 1.66. The molecule has 0 aliphatic carbocycles. The minimum absolute atomic E-state index is 0. The summed E-state index contributed by atoms with van der Waals surface area (Å²) in [6, 6.07) is 6.59. The molecule has 0 spiro atoms. The van der Waals surface area contributed by atoms with Gasteiger partial charge in [-0.3, -0.25) is 0 Å². The summed E-state index contributed by atoms with van der Waals surface area (Å²) < 4.78 is 0. The Balaban J connectivity index is 0.000000490. The molecule has 0 bridgehead atoms. The van der Waals surface area contributed by atoms with Crippen LogP contribution in [0.2, 0.25) is 0 Å². The van der Waals surface area contributed by atoms with Crippen LogP contribution in [-0.2, 0) is 0 Å². The van der Waals surface area contributed by atoms with Crippen LogP contribution in [0.4, 0.5) is 0 Å². The second-order valence-electron chi connectivity index (χ2n) is 1.40. The van der Waals surface area contributed by atoms with Crippen LogP contribution in [0, 0.1) is 13.0 Å². The van der Waals surface area contributed by atoms with Gasteiger partial charge in [0.25, 0.3) is 0 Å². The number of hydrogen-bond donors (Lipinski definition) is 0. The van der Waals surface area contributed by atoms with Crippen molar-refractivity contribution in [3.8, 4) is 0 Å². The third-order valence-corrected chi connectivity index (χ3v) is 0.763. The molecule has 0 saturated carbocycles. The zero-order valence-electron chi connectivity index (χ0n) is 5.18. The smallest absolute Gasteiger partial charge is 0.301 e. The predicted molar refractivity (Wildman–Crippen MR) is 27.8 cm³/mol. The molecule has 1 aromatic heterocycles. The van der Waals surface area contributed by atoms with Crippen molar-refractivity contribution in [3.05, 3.63) is 30.1 Å². The van der Waals surface area contributed by atoms with E-state index in [9.17, 15) is 0 Å².